The number of nitrogens with one attached hydrogen (secondary N) is 3. The number of benzene rings is 2. The highest BCUT2D eigenvalue weighted by Crippen LogP contribution is 2.17. The Bertz CT molecular complexity index is 976. The fourth-order valence-electron chi connectivity index (χ4n) is 2.26. The second kappa shape index (κ2) is 8.05. The molecule has 0 atom stereocenters. The first-order valence-electron chi connectivity index (χ1n) is 8.05. The van der Waals surface area contributed by atoms with E-state index >= 15 is 0 Å². The molecule has 0 bridgehead atoms. The van der Waals surface area contributed by atoms with Gasteiger partial charge in [0.05, 0.1) is 5.69 Å². The Balaban J connectivity index is 1.70. The molecule has 0 unspecified atom stereocenters. The standard InChI is InChI=1S/C19H16FN5O2/c1-12(26)22-13-6-8-14(9-7-13)23-19-21-11-10-17(25-19)18(27)24-16-5-3-2-4-15(16)20/h2-11H,1H3,(H,22,26)(H,24,27)(H,21,23,25). The quantitative estimate of drug-likeness (QED) is 0.642. The van der Waals surface area contributed by atoms with Crippen molar-refractivity contribution >= 4 is 34.8 Å². The second-order valence-corrected chi connectivity index (χ2v) is 5.58. The van der Waals surface area contributed by atoms with E-state index in [1.807, 2.05) is 0 Å². The van der Waals surface area contributed by atoms with Crippen LogP contribution in [0, 0.1) is 5.82 Å². The van der Waals surface area contributed by atoms with Gasteiger partial charge in [-0.3, -0.25) is 9.59 Å². The summed E-state index contributed by atoms with van der Waals surface area (Å²) in [5.41, 5.74) is 1.50. The number of carbonyl (C=O) groups is 2. The molecule has 7 nitrogen and oxygen atoms in total. The lowest BCUT2D eigenvalue weighted by Crippen LogP contribution is -2.15. The lowest BCUT2D eigenvalue weighted by atomic mass is 10.2. The summed E-state index contributed by atoms with van der Waals surface area (Å²) in [5.74, 6) is -1.03. The summed E-state index contributed by atoms with van der Waals surface area (Å²) in [6.45, 7) is 1.43. The molecule has 27 heavy (non-hydrogen) atoms. The van der Waals surface area contributed by atoms with Crippen LogP contribution in [-0.4, -0.2) is 21.8 Å². The number of amides is 2. The third-order valence-electron chi connectivity index (χ3n) is 3.47. The largest absolute Gasteiger partial charge is 0.326 e. The first-order valence-corrected chi connectivity index (χ1v) is 8.05. The van der Waals surface area contributed by atoms with Crippen molar-refractivity contribution in [1.82, 2.24) is 9.97 Å². The number of para-hydroxylation sites is 1. The lowest BCUT2D eigenvalue weighted by molar-refractivity contribution is -0.114. The van der Waals surface area contributed by atoms with Crippen molar-refractivity contribution in [2.24, 2.45) is 0 Å². The minimum atomic E-state index is -0.549. The number of aromatic nitrogens is 2. The van der Waals surface area contributed by atoms with E-state index in [0.717, 1.165) is 0 Å². The van der Waals surface area contributed by atoms with Crippen molar-refractivity contribution in [2.75, 3.05) is 16.0 Å². The Morgan fingerprint density at radius 2 is 1.63 bits per heavy atom. The highest BCUT2D eigenvalue weighted by atomic mass is 19.1. The van der Waals surface area contributed by atoms with Crippen molar-refractivity contribution in [1.29, 1.82) is 0 Å². The summed E-state index contributed by atoms with van der Waals surface area (Å²) >= 11 is 0. The van der Waals surface area contributed by atoms with E-state index in [1.165, 1.54) is 37.4 Å². The summed E-state index contributed by atoms with van der Waals surface area (Å²) in [6, 6.07) is 14.2. The lowest BCUT2D eigenvalue weighted by Gasteiger charge is -2.09. The zero-order valence-electron chi connectivity index (χ0n) is 14.4. The molecular formula is C19H16FN5O2. The molecule has 0 fully saturated rings. The van der Waals surface area contributed by atoms with Crippen LogP contribution < -0.4 is 16.0 Å². The molecule has 136 valence electrons. The molecule has 0 spiro atoms. The molecular weight excluding hydrogens is 349 g/mol. The molecule has 0 aliphatic carbocycles. The van der Waals surface area contributed by atoms with Crippen molar-refractivity contribution in [3.8, 4) is 0 Å². The van der Waals surface area contributed by atoms with Crippen molar-refractivity contribution in [3.05, 3.63) is 72.3 Å². The van der Waals surface area contributed by atoms with E-state index in [1.54, 1.807) is 30.3 Å². The molecule has 1 heterocycles. The van der Waals surface area contributed by atoms with Crippen LogP contribution in [0.5, 0.6) is 0 Å². The number of carbonyl (C=O) groups excluding carboxylic acids is 2. The SMILES string of the molecule is CC(=O)Nc1ccc(Nc2nccc(C(=O)Nc3ccccc3F)n2)cc1. The predicted molar refractivity (Wildman–Crippen MR) is 100 cm³/mol. The van der Waals surface area contributed by atoms with Gasteiger partial charge in [-0.2, -0.15) is 0 Å². The Hall–Kier alpha value is -3.81. The zero-order valence-corrected chi connectivity index (χ0v) is 14.4. The highest BCUT2D eigenvalue weighted by molar-refractivity contribution is 6.03. The maximum absolute atomic E-state index is 13.7. The molecule has 0 saturated heterocycles. The molecule has 0 aliphatic heterocycles. The van der Waals surface area contributed by atoms with Gasteiger partial charge in [-0.15, -0.1) is 0 Å². The fourth-order valence-corrected chi connectivity index (χ4v) is 2.26. The second-order valence-electron chi connectivity index (χ2n) is 5.58. The topological polar surface area (TPSA) is 96.0 Å². The third-order valence-corrected chi connectivity index (χ3v) is 3.47. The van der Waals surface area contributed by atoms with Crippen LogP contribution in [0.4, 0.5) is 27.4 Å². The predicted octanol–water partition coefficient (Wildman–Crippen LogP) is 3.57. The summed E-state index contributed by atoms with van der Waals surface area (Å²) in [7, 11) is 0. The summed E-state index contributed by atoms with van der Waals surface area (Å²) in [6.07, 6.45) is 1.43. The number of rotatable bonds is 5. The molecule has 2 amide bonds. The highest BCUT2D eigenvalue weighted by Gasteiger charge is 2.11. The van der Waals surface area contributed by atoms with Crippen LogP contribution in [0.25, 0.3) is 0 Å². The number of halogens is 1. The van der Waals surface area contributed by atoms with E-state index in [0.29, 0.717) is 11.4 Å². The smallest absolute Gasteiger partial charge is 0.274 e. The van der Waals surface area contributed by atoms with Crippen LogP contribution in [0.3, 0.4) is 0 Å². The van der Waals surface area contributed by atoms with Crippen LogP contribution >= 0.6 is 0 Å². The van der Waals surface area contributed by atoms with E-state index in [4.69, 9.17) is 0 Å². The van der Waals surface area contributed by atoms with E-state index in [2.05, 4.69) is 25.9 Å². The molecule has 0 saturated carbocycles. The number of hydrogen-bond acceptors (Lipinski definition) is 5. The first kappa shape index (κ1) is 18.0. The van der Waals surface area contributed by atoms with Gasteiger partial charge >= 0.3 is 0 Å². The van der Waals surface area contributed by atoms with Crippen molar-refractivity contribution in [3.63, 3.8) is 0 Å². The number of nitrogens with zero attached hydrogens (tertiary/aromatic N) is 2. The normalized spacial score (nSPS) is 10.1. The summed E-state index contributed by atoms with van der Waals surface area (Å²) in [4.78, 5) is 31.5. The molecule has 3 aromatic rings. The molecule has 2 aromatic carbocycles. The average Bonchev–Trinajstić information content (AvgIpc) is 2.65. The molecule has 8 heteroatoms. The Morgan fingerprint density at radius 1 is 0.926 bits per heavy atom. The van der Waals surface area contributed by atoms with E-state index in [-0.39, 0.29) is 23.2 Å². The average molecular weight is 365 g/mol. The van der Waals surface area contributed by atoms with Crippen LogP contribution in [-0.2, 0) is 4.79 Å². The fraction of sp³-hybridized carbons (Fsp3) is 0.0526. The molecule has 3 N–H and O–H groups in total. The van der Waals surface area contributed by atoms with E-state index < -0.39 is 11.7 Å². The van der Waals surface area contributed by atoms with Crippen LogP contribution in [0.2, 0.25) is 0 Å². The molecule has 0 radical (unpaired) electrons. The molecule has 1 aromatic heterocycles. The third kappa shape index (κ3) is 4.85. The Labute approximate surface area is 154 Å². The number of anilines is 4. The number of hydrogen-bond donors (Lipinski definition) is 3. The van der Waals surface area contributed by atoms with Gasteiger partial charge in [-0.1, -0.05) is 12.1 Å². The zero-order chi connectivity index (χ0) is 19.2. The monoisotopic (exact) mass is 365 g/mol. The van der Waals surface area contributed by atoms with Crippen molar-refractivity contribution in [2.45, 2.75) is 6.92 Å². The van der Waals surface area contributed by atoms with Gasteiger partial charge in [-0.25, -0.2) is 14.4 Å². The van der Waals surface area contributed by atoms with Gasteiger partial charge in [0.1, 0.15) is 11.5 Å². The molecule has 3 rings (SSSR count). The minimum absolute atomic E-state index is 0.0733. The van der Waals surface area contributed by atoms with Crippen molar-refractivity contribution < 1.29 is 14.0 Å². The molecule has 0 aliphatic rings. The maximum Gasteiger partial charge on any atom is 0.274 e. The van der Waals surface area contributed by atoms with Crippen LogP contribution in [0.15, 0.2) is 60.8 Å². The van der Waals surface area contributed by atoms with Crippen LogP contribution in [0.1, 0.15) is 17.4 Å². The van der Waals surface area contributed by atoms with Gasteiger partial charge in [0.15, 0.2) is 0 Å². The van der Waals surface area contributed by atoms with Gasteiger partial charge in [0.2, 0.25) is 11.9 Å². The van der Waals surface area contributed by atoms with Gasteiger partial charge in [0.25, 0.3) is 5.91 Å². The maximum atomic E-state index is 13.7. The summed E-state index contributed by atoms with van der Waals surface area (Å²) < 4.78 is 13.7. The van der Waals surface area contributed by atoms with Gasteiger partial charge in [-0.05, 0) is 42.5 Å². The Kier molecular flexibility index (Phi) is 5.36. The Morgan fingerprint density at radius 3 is 2.33 bits per heavy atom. The van der Waals surface area contributed by atoms with Gasteiger partial charge in [0, 0.05) is 24.5 Å². The minimum Gasteiger partial charge on any atom is -0.326 e. The first-order chi connectivity index (χ1) is 13.0. The van der Waals surface area contributed by atoms with Gasteiger partial charge < -0.3 is 16.0 Å². The summed E-state index contributed by atoms with van der Waals surface area (Å²) in [5, 5.41) is 8.10. The van der Waals surface area contributed by atoms with E-state index in [9.17, 15) is 14.0 Å².